The number of nitrogens with zero attached hydrogens (tertiary/aromatic N) is 2. The summed E-state index contributed by atoms with van der Waals surface area (Å²) in [6, 6.07) is 12.3. The number of hydrogen-bond acceptors (Lipinski definition) is 5. The Morgan fingerprint density at radius 2 is 2.00 bits per heavy atom. The van der Waals surface area contributed by atoms with E-state index in [2.05, 4.69) is 5.32 Å². The average Bonchev–Trinajstić information content (AvgIpc) is 2.63. The number of ether oxygens (including phenoxy) is 1. The van der Waals surface area contributed by atoms with Gasteiger partial charge in [0.05, 0.1) is 11.5 Å². The minimum Gasteiger partial charge on any atom is -0.383 e. The van der Waals surface area contributed by atoms with E-state index in [0.29, 0.717) is 25.4 Å². The summed E-state index contributed by atoms with van der Waals surface area (Å²) in [5.41, 5.74) is 2.65. The van der Waals surface area contributed by atoms with Crippen molar-refractivity contribution in [2.24, 2.45) is 0 Å². The summed E-state index contributed by atoms with van der Waals surface area (Å²) in [4.78, 5) is 25.1. The molecule has 2 aromatic carbocycles. The van der Waals surface area contributed by atoms with Crippen molar-refractivity contribution < 1.29 is 14.5 Å². The lowest BCUT2D eigenvalue weighted by Gasteiger charge is -2.19. The van der Waals surface area contributed by atoms with E-state index >= 15 is 0 Å². The molecule has 2 rings (SSSR count). The fourth-order valence-electron chi connectivity index (χ4n) is 2.59. The average molecular weight is 357 g/mol. The number of amides is 1. The van der Waals surface area contributed by atoms with Crippen molar-refractivity contribution in [3.05, 3.63) is 69.3 Å². The van der Waals surface area contributed by atoms with Gasteiger partial charge in [-0.15, -0.1) is 0 Å². The van der Waals surface area contributed by atoms with Crippen LogP contribution in [-0.4, -0.2) is 43.0 Å². The van der Waals surface area contributed by atoms with Gasteiger partial charge in [0.15, 0.2) is 0 Å². The maximum atomic E-state index is 12.7. The molecule has 0 aliphatic rings. The van der Waals surface area contributed by atoms with Crippen molar-refractivity contribution in [3.63, 3.8) is 0 Å². The molecule has 0 heterocycles. The Labute approximate surface area is 152 Å². The molecule has 0 aromatic heterocycles. The van der Waals surface area contributed by atoms with E-state index in [1.54, 1.807) is 31.2 Å². The van der Waals surface area contributed by atoms with Gasteiger partial charge >= 0.3 is 0 Å². The van der Waals surface area contributed by atoms with Gasteiger partial charge in [0.1, 0.15) is 5.69 Å². The van der Waals surface area contributed by atoms with Gasteiger partial charge in [-0.25, -0.2) is 0 Å². The van der Waals surface area contributed by atoms with E-state index in [4.69, 9.17) is 4.74 Å². The molecule has 0 aliphatic carbocycles. The third kappa shape index (κ3) is 4.80. The van der Waals surface area contributed by atoms with Crippen molar-refractivity contribution >= 4 is 17.3 Å². The predicted molar refractivity (Wildman–Crippen MR) is 100 cm³/mol. The van der Waals surface area contributed by atoms with Crippen LogP contribution in [0.4, 0.5) is 11.4 Å². The molecule has 0 spiro atoms. The Morgan fingerprint density at radius 3 is 2.65 bits per heavy atom. The van der Waals surface area contributed by atoms with Crippen LogP contribution in [0.2, 0.25) is 0 Å². The van der Waals surface area contributed by atoms with Crippen LogP contribution in [0.3, 0.4) is 0 Å². The Hall–Kier alpha value is -2.93. The van der Waals surface area contributed by atoms with E-state index in [1.165, 1.54) is 6.07 Å². The summed E-state index contributed by atoms with van der Waals surface area (Å²) in [6.45, 7) is 3.29. The maximum Gasteiger partial charge on any atom is 0.293 e. The van der Waals surface area contributed by atoms with Crippen LogP contribution in [0, 0.1) is 17.0 Å². The van der Waals surface area contributed by atoms with Gasteiger partial charge in [0.25, 0.3) is 11.6 Å². The van der Waals surface area contributed by atoms with Gasteiger partial charge in [0, 0.05) is 38.9 Å². The van der Waals surface area contributed by atoms with E-state index < -0.39 is 4.92 Å². The van der Waals surface area contributed by atoms with Crippen molar-refractivity contribution in [1.82, 2.24) is 4.90 Å². The molecule has 1 amide bonds. The molecule has 0 saturated heterocycles. The molecule has 0 atom stereocenters. The molecular formula is C19H23N3O4. The highest BCUT2D eigenvalue weighted by Gasteiger charge is 2.20. The molecule has 0 radical (unpaired) electrons. The monoisotopic (exact) mass is 357 g/mol. The van der Waals surface area contributed by atoms with E-state index in [1.807, 2.05) is 31.2 Å². The third-order valence-corrected chi connectivity index (χ3v) is 4.08. The standard InChI is InChI=1S/C19H23N3O4/c1-14-6-4-5-7-16(14)13-21(2)19(23)15-8-9-17(20-10-11-26-3)18(12-15)22(24)25/h4-9,12,20H,10-11,13H2,1-3H3. The number of nitrogens with one attached hydrogen (secondary N) is 1. The molecule has 1 N–H and O–H groups in total. The fraction of sp³-hybridized carbons (Fsp3) is 0.316. The van der Waals surface area contributed by atoms with Gasteiger partial charge in [-0.3, -0.25) is 14.9 Å². The largest absolute Gasteiger partial charge is 0.383 e. The number of benzene rings is 2. The van der Waals surface area contributed by atoms with E-state index in [-0.39, 0.29) is 17.2 Å². The Morgan fingerprint density at radius 1 is 1.27 bits per heavy atom. The number of methoxy groups -OCH3 is 1. The Balaban J connectivity index is 2.18. The van der Waals surface area contributed by atoms with Crippen LogP contribution in [0.15, 0.2) is 42.5 Å². The summed E-state index contributed by atoms with van der Waals surface area (Å²) in [6.07, 6.45) is 0. The molecule has 138 valence electrons. The van der Waals surface area contributed by atoms with Crippen molar-refractivity contribution in [1.29, 1.82) is 0 Å². The number of aryl methyl sites for hydroxylation is 1. The van der Waals surface area contributed by atoms with Crippen LogP contribution in [-0.2, 0) is 11.3 Å². The molecule has 0 saturated carbocycles. The Kier molecular flexibility index (Phi) is 6.68. The highest BCUT2D eigenvalue weighted by Crippen LogP contribution is 2.26. The van der Waals surface area contributed by atoms with Crippen LogP contribution in [0.1, 0.15) is 21.5 Å². The van der Waals surface area contributed by atoms with Crippen LogP contribution in [0.25, 0.3) is 0 Å². The lowest BCUT2D eigenvalue weighted by Crippen LogP contribution is -2.26. The first kappa shape index (κ1) is 19.4. The topological polar surface area (TPSA) is 84.7 Å². The van der Waals surface area contributed by atoms with Gasteiger partial charge < -0.3 is 15.0 Å². The van der Waals surface area contributed by atoms with Crippen molar-refractivity contribution in [2.75, 3.05) is 32.6 Å². The lowest BCUT2D eigenvalue weighted by atomic mass is 10.1. The number of hydrogen-bond donors (Lipinski definition) is 1. The summed E-state index contributed by atoms with van der Waals surface area (Å²) in [7, 11) is 3.24. The minimum atomic E-state index is -0.493. The van der Waals surface area contributed by atoms with Crippen LogP contribution in [0.5, 0.6) is 0 Å². The number of carbonyl (C=O) groups is 1. The number of rotatable bonds is 8. The quantitative estimate of drug-likeness (QED) is 0.445. The zero-order valence-electron chi connectivity index (χ0n) is 15.2. The molecule has 0 bridgehead atoms. The summed E-state index contributed by atoms with van der Waals surface area (Å²) < 4.78 is 4.93. The van der Waals surface area contributed by atoms with Gasteiger partial charge in [0.2, 0.25) is 0 Å². The number of nitro benzene ring substituents is 1. The van der Waals surface area contributed by atoms with E-state index in [9.17, 15) is 14.9 Å². The summed E-state index contributed by atoms with van der Waals surface area (Å²) in [5, 5.41) is 14.3. The predicted octanol–water partition coefficient (Wildman–Crippen LogP) is 3.23. The highest BCUT2D eigenvalue weighted by molar-refractivity contribution is 5.95. The second-order valence-corrected chi connectivity index (χ2v) is 6.00. The molecule has 0 fully saturated rings. The van der Waals surface area contributed by atoms with Crippen LogP contribution < -0.4 is 5.32 Å². The summed E-state index contributed by atoms with van der Waals surface area (Å²) >= 11 is 0. The van der Waals surface area contributed by atoms with Gasteiger partial charge in [-0.05, 0) is 30.2 Å². The lowest BCUT2D eigenvalue weighted by molar-refractivity contribution is -0.384. The normalized spacial score (nSPS) is 10.4. The first-order chi connectivity index (χ1) is 12.4. The van der Waals surface area contributed by atoms with Crippen molar-refractivity contribution in [2.45, 2.75) is 13.5 Å². The molecule has 26 heavy (non-hydrogen) atoms. The third-order valence-electron chi connectivity index (χ3n) is 4.08. The Bertz CT molecular complexity index is 792. The zero-order valence-corrected chi connectivity index (χ0v) is 15.2. The first-order valence-corrected chi connectivity index (χ1v) is 8.25. The van der Waals surface area contributed by atoms with Crippen LogP contribution >= 0.6 is 0 Å². The van der Waals surface area contributed by atoms with Crippen molar-refractivity contribution in [3.8, 4) is 0 Å². The summed E-state index contributed by atoms with van der Waals surface area (Å²) in [5.74, 6) is -0.264. The molecule has 0 unspecified atom stereocenters. The highest BCUT2D eigenvalue weighted by atomic mass is 16.6. The number of carbonyl (C=O) groups excluding carboxylic acids is 1. The van der Waals surface area contributed by atoms with Gasteiger partial charge in [-0.2, -0.15) is 0 Å². The molecule has 7 heteroatoms. The fourth-order valence-corrected chi connectivity index (χ4v) is 2.59. The minimum absolute atomic E-state index is 0.128. The zero-order chi connectivity index (χ0) is 19.1. The van der Waals surface area contributed by atoms with E-state index in [0.717, 1.165) is 11.1 Å². The first-order valence-electron chi connectivity index (χ1n) is 8.25. The molecular weight excluding hydrogens is 334 g/mol. The number of nitro groups is 1. The second kappa shape index (κ2) is 8.96. The number of anilines is 1. The molecule has 2 aromatic rings. The smallest absolute Gasteiger partial charge is 0.293 e. The molecule has 7 nitrogen and oxygen atoms in total. The SMILES string of the molecule is COCCNc1ccc(C(=O)N(C)Cc2ccccc2C)cc1[N+](=O)[O-]. The molecule has 0 aliphatic heterocycles. The second-order valence-electron chi connectivity index (χ2n) is 6.00. The maximum absolute atomic E-state index is 12.7. The van der Waals surface area contributed by atoms with Gasteiger partial charge in [-0.1, -0.05) is 24.3 Å².